The van der Waals surface area contributed by atoms with E-state index in [1.165, 1.54) is 12.1 Å². The zero-order valence-electron chi connectivity index (χ0n) is 17.4. The minimum absolute atomic E-state index is 0.0145. The standard InChI is InChI=1S/C24H13F3N2O6/c25-24(26,27)22(31)35-17-10-13(34-23(32)33)9-12-6-8-16-19(18(12)17)29-21(28-16)15-7-5-11-3-1-2-4-14(11)20(15)30/h1-10,30H,(H,28,29)(H,32,33). The molecule has 0 saturated carbocycles. The Morgan fingerprint density at radius 2 is 1.69 bits per heavy atom. The molecular formula is C24H13F3N2O6. The molecule has 0 saturated heterocycles. The number of aromatic nitrogens is 2. The number of phenols is 1. The SMILES string of the molecule is O=C(O)Oc1cc(OC(=O)C(F)(F)F)c2c(ccc3[nH]c(-c4ccc5ccccc5c4O)nc32)c1. The van der Waals surface area contributed by atoms with Gasteiger partial charge in [0.2, 0.25) is 0 Å². The Labute approximate surface area is 193 Å². The van der Waals surface area contributed by atoms with E-state index in [9.17, 15) is 27.9 Å². The third kappa shape index (κ3) is 3.92. The summed E-state index contributed by atoms with van der Waals surface area (Å²) in [6, 6.07) is 15.7. The van der Waals surface area contributed by atoms with Crippen molar-refractivity contribution in [3.8, 4) is 28.6 Å². The van der Waals surface area contributed by atoms with Crippen molar-refractivity contribution in [1.82, 2.24) is 9.97 Å². The normalized spacial score (nSPS) is 11.7. The van der Waals surface area contributed by atoms with Crippen molar-refractivity contribution in [2.24, 2.45) is 0 Å². The summed E-state index contributed by atoms with van der Waals surface area (Å²) in [4.78, 5) is 30.0. The van der Waals surface area contributed by atoms with Crippen LogP contribution in [0.15, 0.2) is 60.7 Å². The third-order valence-corrected chi connectivity index (χ3v) is 5.30. The van der Waals surface area contributed by atoms with Gasteiger partial charge in [0.1, 0.15) is 28.6 Å². The highest BCUT2D eigenvalue weighted by atomic mass is 19.4. The van der Waals surface area contributed by atoms with E-state index < -0.39 is 24.1 Å². The molecule has 0 aliphatic carbocycles. The number of fused-ring (bicyclic) bond motifs is 4. The molecular weight excluding hydrogens is 469 g/mol. The van der Waals surface area contributed by atoms with Crippen LogP contribution in [0.5, 0.6) is 17.2 Å². The summed E-state index contributed by atoms with van der Waals surface area (Å²) in [7, 11) is 0. The summed E-state index contributed by atoms with van der Waals surface area (Å²) in [5.41, 5.74) is 0.848. The fourth-order valence-electron chi connectivity index (χ4n) is 3.84. The lowest BCUT2D eigenvalue weighted by molar-refractivity contribution is -0.189. The summed E-state index contributed by atoms with van der Waals surface area (Å²) in [5, 5.41) is 21.3. The maximum atomic E-state index is 12.9. The first-order valence-electron chi connectivity index (χ1n) is 9.99. The average Bonchev–Trinajstić information content (AvgIpc) is 3.22. The van der Waals surface area contributed by atoms with Crippen molar-refractivity contribution < 1.29 is 42.4 Å². The van der Waals surface area contributed by atoms with Crippen molar-refractivity contribution in [3.63, 3.8) is 0 Å². The van der Waals surface area contributed by atoms with Crippen LogP contribution in [0.4, 0.5) is 18.0 Å². The van der Waals surface area contributed by atoms with Gasteiger partial charge in [0.25, 0.3) is 0 Å². The summed E-state index contributed by atoms with van der Waals surface area (Å²) in [6.45, 7) is 0. The monoisotopic (exact) mass is 482 g/mol. The number of carbonyl (C=O) groups is 2. The predicted octanol–water partition coefficient (Wildman–Crippen LogP) is 5.77. The molecule has 4 aromatic carbocycles. The molecule has 0 spiro atoms. The second-order valence-corrected chi connectivity index (χ2v) is 7.50. The molecule has 0 aliphatic rings. The first-order valence-corrected chi connectivity index (χ1v) is 9.99. The van der Waals surface area contributed by atoms with Crippen molar-refractivity contribution in [2.75, 3.05) is 0 Å². The van der Waals surface area contributed by atoms with Crippen LogP contribution >= 0.6 is 0 Å². The largest absolute Gasteiger partial charge is 0.511 e. The molecule has 1 heterocycles. The van der Waals surface area contributed by atoms with Crippen molar-refractivity contribution in [2.45, 2.75) is 6.18 Å². The quantitative estimate of drug-likeness (QED) is 0.170. The molecule has 0 fully saturated rings. The van der Waals surface area contributed by atoms with Gasteiger partial charge >= 0.3 is 18.3 Å². The summed E-state index contributed by atoms with van der Waals surface area (Å²) in [6.07, 6.45) is -7.00. The Balaban J connectivity index is 1.73. The smallest absolute Gasteiger partial charge is 0.507 e. The summed E-state index contributed by atoms with van der Waals surface area (Å²) in [5.74, 6) is -3.27. The number of nitrogens with one attached hydrogen (secondary N) is 1. The fraction of sp³-hybridized carbons (Fsp3) is 0.0417. The second-order valence-electron chi connectivity index (χ2n) is 7.50. The van der Waals surface area contributed by atoms with E-state index in [2.05, 4.69) is 19.4 Å². The number of esters is 1. The summed E-state index contributed by atoms with van der Waals surface area (Å²) >= 11 is 0. The van der Waals surface area contributed by atoms with Gasteiger partial charge in [0, 0.05) is 11.5 Å². The third-order valence-electron chi connectivity index (χ3n) is 5.30. The molecule has 176 valence electrons. The average molecular weight is 482 g/mol. The highest BCUT2D eigenvalue weighted by molar-refractivity contribution is 6.10. The van der Waals surface area contributed by atoms with Crippen molar-refractivity contribution in [1.29, 1.82) is 0 Å². The van der Waals surface area contributed by atoms with E-state index in [4.69, 9.17) is 5.11 Å². The van der Waals surface area contributed by atoms with Gasteiger partial charge in [-0.1, -0.05) is 36.4 Å². The molecule has 0 bridgehead atoms. The number of aromatic amines is 1. The number of ether oxygens (including phenoxy) is 2. The molecule has 0 amide bonds. The summed E-state index contributed by atoms with van der Waals surface area (Å²) < 4.78 is 47.9. The molecule has 0 aliphatic heterocycles. The molecule has 1 aromatic heterocycles. The molecule has 0 atom stereocenters. The number of imidazole rings is 1. The van der Waals surface area contributed by atoms with Crippen molar-refractivity contribution in [3.05, 3.63) is 60.7 Å². The lowest BCUT2D eigenvalue weighted by Crippen LogP contribution is -2.28. The molecule has 0 unspecified atom stereocenters. The first-order chi connectivity index (χ1) is 16.6. The van der Waals surface area contributed by atoms with Gasteiger partial charge in [0.05, 0.1) is 16.5 Å². The molecule has 5 aromatic rings. The number of nitrogens with zero attached hydrogens (tertiary/aromatic N) is 1. The van der Waals surface area contributed by atoms with E-state index in [0.717, 1.165) is 11.5 Å². The molecule has 11 heteroatoms. The van der Waals surface area contributed by atoms with Gasteiger partial charge < -0.3 is 24.7 Å². The van der Waals surface area contributed by atoms with Gasteiger partial charge in [0.15, 0.2) is 0 Å². The Morgan fingerprint density at radius 3 is 2.43 bits per heavy atom. The number of aromatic hydroxyl groups is 1. The maximum Gasteiger partial charge on any atom is 0.511 e. The lowest BCUT2D eigenvalue weighted by Gasteiger charge is -2.11. The second kappa shape index (κ2) is 7.90. The number of rotatable bonds is 3. The minimum atomic E-state index is -5.29. The molecule has 35 heavy (non-hydrogen) atoms. The van der Waals surface area contributed by atoms with Gasteiger partial charge in [-0.2, -0.15) is 13.2 Å². The van der Waals surface area contributed by atoms with Gasteiger partial charge in [-0.25, -0.2) is 14.6 Å². The molecule has 0 radical (unpaired) electrons. The number of hydrogen-bond acceptors (Lipinski definition) is 6. The Bertz CT molecular complexity index is 1660. The minimum Gasteiger partial charge on any atom is -0.507 e. The van der Waals surface area contributed by atoms with Crippen molar-refractivity contribution >= 4 is 44.7 Å². The lowest BCUT2D eigenvalue weighted by atomic mass is 10.1. The van der Waals surface area contributed by atoms with Crippen LogP contribution in [0, 0.1) is 0 Å². The number of H-pyrrole nitrogens is 1. The Morgan fingerprint density at radius 1 is 0.943 bits per heavy atom. The number of halogens is 3. The zero-order valence-corrected chi connectivity index (χ0v) is 17.4. The van der Waals surface area contributed by atoms with Crippen LogP contribution < -0.4 is 9.47 Å². The molecule has 8 nitrogen and oxygen atoms in total. The predicted molar refractivity (Wildman–Crippen MR) is 119 cm³/mol. The van der Waals surface area contributed by atoms with E-state index in [0.29, 0.717) is 16.5 Å². The Kier molecular flexibility index (Phi) is 4.97. The number of phenolic OH excluding ortho intramolecular Hbond substituents is 1. The number of alkyl halides is 3. The van der Waals surface area contributed by atoms with Gasteiger partial charge in [-0.15, -0.1) is 0 Å². The van der Waals surface area contributed by atoms with E-state index in [1.54, 1.807) is 30.3 Å². The first kappa shape index (κ1) is 22.0. The van der Waals surface area contributed by atoms with E-state index in [-0.39, 0.29) is 33.6 Å². The van der Waals surface area contributed by atoms with Crippen LogP contribution in [0.2, 0.25) is 0 Å². The number of benzene rings is 4. The number of carbonyl (C=O) groups excluding carboxylic acids is 1. The Hall–Kier alpha value is -4.80. The molecule has 5 rings (SSSR count). The van der Waals surface area contributed by atoms with Crippen LogP contribution in [0.25, 0.3) is 44.0 Å². The number of hydrogen-bond donors (Lipinski definition) is 3. The highest BCUT2D eigenvalue weighted by Crippen LogP contribution is 2.40. The van der Waals surface area contributed by atoms with Crippen LogP contribution in [-0.2, 0) is 4.79 Å². The van der Waals surface area contributed by atoms with Crippen LogP contribution in [0.1, 0.15) is 0 Å². The molecule has 3 N–H and O–H groups in total. The van der Waals surface area contributed by atoms with Crippen LogP contribution in [-0.4, -0.2) is 38.5 Å². The van der Waals surface area contributed by atoms with Gasteiger partial charge in [-0.3, -0.25) is 0 Å². The topological polar surface area (TPSA) is 122 Å². The number of carboxylic acid groups (broad SMARTS) is 1. The van der Waals surface area contributed by atoms with E-state index >= 15 is 0 Å². The highest BCUT2D eigenvalue weighted by Gasteiger charge is 2.41. The maximum absolute atomic E-state index is 12.9. The fourth-order valence-corrected chi connectivity index (χ4v) is 3.84. The van der Waals surface area contributed by atoms with Gasteiger partial charge in [-0.05, 0) is 29.0 Å². The van der Waals surface area contributed by atoms with E-state index in [1.807, 2.05) is 12.1 Å². The van der Waals surface area contributed by atoms with Crippen LogP contribution in [0.3, 0.4) is 0 Å². The zero-order chi connectivity index (χ0) is 24.9.